The highest BCUT2D eigenvalue weighted by molar-refractivity contribution is 5.88. The third-order valence-corrected chi connectivity index (χ3v) is 5.92. The molecule has 3 nitrogen and oxygen atoms in total. The van der Waals surface area contributed by atoms with Crippen LogP contribution < -0.4 is 10.1 Å². The molecule has 5 heteroatoms. The highest BCUT2D eigenvalue weighted by Crippen LogP contribution is 2.45. The third kappa shape index (κ3) is 4.71. The van der Waals surface area contributed by atoms with Gasteiger partial charge in [-0.2, -0.15) is 0 Å². The van der Waals surface area contributed by atoms with E-state index < -0.39 is 0 Å². The van der Waals surface area contributed by atoms with Gasteiger partial charge in [0.05, 0.1) is 6.61 Å². The summed E-state index contributed by atoms with van der Waals surface area (Å²) in [5, 5.41) is 6.23. The molecule has 2 aromatic carbocycles. The summed E-state index contributed by atoms with van der Waals surface area (Å²) in [6.07, 6.45) is 5.46. The highest BCUT2D eigenvalue weighted by Gasteiger charge is 2.34. The Morgan fingerprint density at radius 2 is 1.74 bits per heavy atom. The van der Waals surface area contributed by atoms with Gasteiger partial charge in [0, 0.05) is 37.8 Å². The number of nitrogens with zero attached hydrogens (tertiary/aromatic N) is 1. The van der Waals surface area contributed by atoms with E-state index in [2.05, 4.69) is 53.5 Å². The molecule has 0 radical (unpaired) electrons. The van der Waals surface area contributed by atoms with Gasteiger partial charge in [0.15, 0.2) is 0 Å². The summed E-state index contributed by atoms with van der Waals surface area (Å²) >= 11 is 0. The van der Waals surface area contributed by atoms with Crippen LogP contribution in [0.1, 0.15) is 44.2 Å². The molecular weight excluding hydrogens is 379 g/mol. The van der Waals surface area contributed by atoms with Crippen LogP contribution >= 0.6 is 24.8 Å². The summed E-state index contributed by atoms with van der Waals surface area (Å²) in [5.41, 5.74) is 1.44. The molecule has 0 aromatic heterocycles. The summed E-state index contributed by atoms with van der Waals surface area (Å²) in [6, 6.07) is 13.7. The van der Waals surface area contributed by atoms with Gasteiger partial charge in [0.2, 0.25) is 0 Å². The van der Waals surface area contributed by atoms with Crippen LogP contribution in [0.15, 0.2) is 36.4 Å². The first kappa shape index (κ1) is 22.3. The Bertz CT molecular complexity index is 713. The van der Waals surface area contributed by atoms with Crippen LogP contribution in [0.2, 0.25) is 0 Å². The zero-order chi connectivity index (χ0) is 17.1. The third-order valence-electron chi connectivity index (χ3n) is 5.92. The summed E-state index contributed by atoms with van der Waals surface area (Å²) in [4.78, 5) is 2.72. The SMILES string of the molecule is CCOc1ccc2ccccc2c1[C@H](C1CCCC1)N1CCNCC1.Cl.Cl. The second-order valence-corrected chi connectivity index (χ2v) is 7.41. The van der Waals surface area contributed by atoms with Crippen LogP contribution in [-0.2, 0) is 0 Å². The van der Waals surface area contributed by atoms with E-state index in [1.165, 1.54) is 42.0 Å². The Balaban J connectivity index is 0.00000131. The molecule has 2 aromatic rings. The average molecular weight is 411 g/mol. The molecule has 4 rings (SSSR count). The van der Waals surface area contributed by atoms with Crippen molar-refractivity contribution in [2.24, 2.45) is 5.92 Å². The minimum atomic E-state index is 0. The normalized spacial score (nSPS) is 19.3. The molecular formula is C22H32Cl2N2O. The Morgan fingerprint density at radius 1 is 1.04 bits per heavy atom. The summed E-state index contributed by atoms with van der Waals surface area (Å²) in [5.74, 6) is 1.85. The number of ether oxygens (including phenoxy) is 1. The first-order chi connectivity index (χ1) is 12.4. The maximum Gasteiger partial charge on any atom is 0.124 e. The first-order valence-electron chi connectivity index (χ1n) is 9.97. The van der Waals surface area contributed by atoms with Crippen molar-refractivity contribution in [1.29, 1.82) is 0 Å². The van der Waals surface area contributed by atoms with Crippen molar-refractivity contribution in [3.05, 3.63) is 42.0 Å². The zero-order valence-electron chi connectivity index (χ0n) is 16.2. The first-order valence-corrected chi connectivity index (χ1v) is 9.97. The quantitative estimate of drug-likeness (QED) is 0.730. The lowest BCUT2D eigenvalue weighted by molar-refractivity contribution is 0.123. The van der Waals surface area contributed by atoms with Gasteiger partial charge >= 0.3 is 0 Å². The molecule has 27 heavy (non-hydrogen) atoms. The fourth-order valence-corrected chi connectivity index (χ4v) is 4.81. The molecule has 1 saturated carbocycles. The molecule has 1 saturated heterocycles. The second-order valence-electron chi connectivity index (χ2n) is 7.41. The predicted molar refractivity (Wildman–Crippen MR) is 119 cm³/mol. The molecule has 1 heterocycles. The number of nitrogens with one attached hydrogen (secondary N) is 1. The molecule has 150 valence electrons. The standard InChI is InChI=1S/C22H30N2O.2ClH/c1-2-25-20-12-11-17-7-5-6-10-19(17)21(20)22(18-8-3-4-9-18)24-15-13-23-14-16-24;;/h5-7,10-12,18,22-23H,2-4,8-9,13-16H2,1H3;2*1H/t22-;;/m0../s1. The van der Waals surface area contributed by atoms with Gasteiger partial charge in [0.25, 0.3) is 0 Å². The second kappa shape index (κ2) is 10.5. The van der Waals surface area contributed by atoms with E-state index in [0.29, 0.717) is 6.04 Å². The molecule has 0 unspecified atom stereocenters. The van der Waals surface area contributed by atoms with Gasteiger partial charge in [-0.05, 0) is 42.5 Å². The molecule has 0 spiro atoms. The number of hydrogen-bond donors (Lipinski definition) is 1. The number of benzene rings is 2. The van der Waals surface area contributed by atoms with Crippen LogP contribution in [-0.4, -0.2) is 37.7 Å². The topological polar surface area (TPSA) is 24.5 Å². The minimum absolute atomic E-state index is 0. The van der Waals surface area contributed by atoms with Crippen molar-refractivity contribution in [1.82, 2.24) is 10.2 Å². The van der Waals surface area contributed by atoms with E-state index in [1.807, 2.05) is 0 Å². The van der Waals surface area contributed by atoms with Crippen molar-refractivity contribution in [2.45, 2.75) is 38.6 Å². The van der Waals surface area contributed by atoms with E-state index in [9.17, 15) is 0 Å². The molecule has 1 N–H and O–H groups in total. The number of halogens is 2. The van der Waals surface area contributed by atoms with Gasteiger partial charge < -0.3 is 10.1 Å². The Hall–Kier alpha value is -1.00. The number of fused-ring (bicyclic) bond motifs is 1. The smallest absolute Gasteiger partial charge is 0.124 e. The van der Waals surface area contributed by atoms with Crippen molar-refractivity contribution >= 4 is 35.6 Å². The maximum absolute atomic E-state index is 6.13. The molecule has 2 fully saturated rings. The summed E-state index contributed by atoms with van der Waals surface area (Å²) < 4.78 is 6.13. The van der Waals surface area contributed by atoms with Gasteiger partial charge in [-0.15, -0.1) is 24.8 Å². The van der Waals surface area contributed by atoms with Crippen LogP contribution in [0.25, 0.3) is 10.8 Å². The van der Waals surface area contributed by atoms with Gasteiger partial charge in [-0.1, -0.05) is 43.2 Å². The van der Waals surface area contributed by atoms with Crippen LogP contribution in [0.5, 0.6) is 5.75 Å². The monoisotopic (exact) mass is 410 g/mol. The fourth-order valence-electron chi connectivity index (χ4n) is 4.81. The minimum Gasteiger partial charge on any atom is -0.494 e. The Labute approximate surface area is 175 Å². The molecule has 0 amide bonds. The van der Waals surface area contributed by atoms with Crippen LogP contribution in [0.4, 0.5) is 0 Å². The Morgan fingerprint density at radius 3 is 2.44 bits per heavy atom. The van der Waals surface area contributed by atoms with Crippen LogP contribution in [0, 0.1) is 5.92 Å². The van der Waals surface area contributed by atoms with E-state index in [1.54, 1.807) is 0 Å². The fraction of sp³-hybridized carbons (Fsp3) is 0.545. The van der Waals surface area contributed by atoms with Crippen molar-refractivity contribution in [2.75, 3.05) is 32.8 Å². The van der Waals surface area contributed by atoms with Crippen molar-refractivity contribution in [3.8, 4) is 5.75 Å². The predicted octanol–water partition coefficient (Wildman–Crippen LogP) is 5.22. The zero-order valence-corrected chi connectivity index (χ0v) is 17.8. The van der Waals surface area contributed by atoms with E-state index in [4.69, 9.17) is 4.74 Å². The van der Waals surface area contributed by atoms with Crippen molar-refractivity contribution in [3.63, 3.8) is 0 Å². The summed E-state index contributed by atoms with van der Waals surface area (Å²) in [7, 11) is 0. The van der Waals surface area contributed by atoms with Gasteiger partial charge in [-0.3, -0.25) is 4.90 Å². The average Bonchev–Trinajstić information content (AvgIpc) is 3.19. The lowest BCUT2D eigenvalue weighted by atomic mass is 9.86. The lowest BCUT2D eigenvalue weighted by Crippen LogP contribution is -2.46. The maximum atomic E-state index is 6.13. The molecule has 0 bridgehead atoms. The lowest BCUT2D eigenvalue weighted by Gasteiger charge is -2.39. The largest absolute Gasteiger partial charge is 0.494 e. The molecule has 1 atom stereocenters. The van der Waals surface area contributed by atoms with Crippen molar-refractivity contribution < 1.29 is 4.74 Å². The van der Waals surface area contributed by atoms with E-state index >= 15 is 0 Å². The Kier molecular flexibility index (Phi) is 8.68. The number of rotatable bonds is 5. The van der Waals surface area contributed by atoms with Gasteiger partial charge in [-0.25, -0.2) is 0 Å². The molecule has 1 aliphatic heterocycles. The number of piperazine rings is 1. The van der Waals surface area contributed by atoms with E-state index in [-0.39, 0.29) is 24.8 Å². The van der Waals surface area contributed by atoms with Crippen LogP contribution in [0.3, 0.4) is 0 Å². The molecule has 2 aliphatic rings. The van der Waals surface area contributed by atoms with Gasteiger partial charge in [0.1, 0.15) is 5.75 Å². The van der Waals surface area contributed by atoms with E-state index in [0.717, 1.165) is 44.5 Å². The molecule has 1 aliphatic carbocycles. The highest BCUT2D eigenvalue weighted by atomic mass is 35.5. The number of hydrogen-bond acceptors (Lipinski definition) is 3. The summed E-state index contributed by atoms with van der Waals surface area (Å²) in [6.45, 7) is 7.28.